The van der Waals surface area contributed by atoms with E-state index >= 15 is 0 Å². The number of nitrogens with two attached hydrogens (primary N) is 1. The molecule has 1 heterocycles. The van der Waals surface area contributed by atoms with Gasteiger partial charge >= 0.3 is 0 Å². The van der Waals surface area contributed by atoms with Gasteiger partial charge < -0.3 is 11.1 Å². The van der Waals surface area contributed by atoms with Crippen molar-refractivity contribution in [3.05, 3.63) is 35.4 Å². The van der Waals surface area contributed by atoms with Gasteiger partial charge in [0.15, 0.2) is 0 Å². The van der Waals surface area contributed by atoms with Gasteiger partial charge in [0.1, 0.15) is 0 Å². The molecular formula is C14H22N2. The molecule has 0 spiro atoms. The first-order chi connectivity index (χ1) is 7.74. The van der Waals surface area contributed by atoms with Gasteiger partial charge in [0, 0.05) is 0 Å². The molecule has 0 radical (unpaired) electrons. The molecule has 0 amide bonds. The lowest BCUT2D eigenvalue weighted by Gasteiger charge is -2.36. The van der Waals surface area contributed by atoms with Gasteiger partial charge in [-0.3, -0.25) is 0 Å². The van der Waals surface area contributed by atoms with Gasteiger partial charge in [0.25, 0.3) is 0 Å². The van der Waals surface area contributed by atoms with Crippen LogP contribution in [0.4, 0.5) is 0 Å². The lowest BCUT2D eigenvalue weighted by molar-refractivity contribution is 0.210. The highest BCUT2D eigenvalue weighted by atomic mass is 14.9. The van der Waals surface area contributed by atoms with Crippen LogP contribution >= 0.6 is 0 Å². The van der Waals surface area contributed by atoms with Crippen molar-refractivity contribution < 1.29 is 0 Å². The molecule has 1 saturated heterocycles. The van der Waals surface area contributed by atoms with Crippen molar-refractivity contribution in [3.8, 4) is 0 Å². The van der Waals surface area contributed by atoms with Gasteiger partial charge in [-0.2, -0.15) is 0 Å². The Morgan fingerprint density at radius 3 is 2.38 bits per heavy atom. The minimum atomic E-state index is 0.334. The molecule has 0 atom stereocenters. The standard InChI is InChI=1S/C14H22N2/c1-12-2-4-13(5-3-12)10-14(11-15)6-8-16-9-7-14/h2-5,16H,6-11,15H2,1H3. The van der Waals surface area contributed by atoms with E-state index in [1.165, 1.54) is 24.0 Å². The molecule has 0 unspecified atom stereocenters. The summed E-state index contributed by atoms with van der Waals surface area (Å²) in [5.74, 6) is 0. The molecule has 16 heavy (non-hydrogen) atoms. The molecule has 1 aliphatic heterocycles. The third kappa shape index (κ3) is 2.63. The third-order valence-electron chi connectivity index (χ3n) is 3.80. The Kier molecular flexibility index (Phi) is 3.62. The average molecular weight is 218 g/mol. The maximum atomic E-state index is 5.99. The maximum absolute atomic E-state index is 5.99. The van der Waals surface area contributed by atoms with Crippen molar-refractivity contribution >= 4 is 0 Å². The van der Waals surface area contributed by atoms with Crippen LogP contribution < -0.4 is 11.1 Å². The SMILES string of the molecule is Cc1ccc(CC2(CN)CCNCC2)cc1. The predicted molar refractivity (Wildman–Crippen MR) is 68.5 cm³/mol. The van der Waals surface area contributed by atoms with E-state index in [0.717, 1.165) is 26.1 Å². The van der Waals surface area contributed by atoms with Gasteiger partial charge in [0.05, 0.1) is 0 Å². The molecule has 2 rings (SSSR count). The average Bonchev–Trinajstić information content (AvgIpc) is 2.33. The summed E-state index contributed by atoms with van der Waals surface area (Å²) in [6, 6.07) is 8.88. The molecule has 88 valence electrons. The van der Waals surface area contributed by atoms with Crippen molar-refractivity contribution in [2.75, 3.05) is 19.6 Å². The zero-order valence-electron chi connectivity index (χ0n) is 10.1. The predicted octanol–water partition coefficient (Wildman–Crippen LogP) is 1.87. The van der Waals surface area contributed by atoms with E-state index in [9.17, 15) is 0 Å². The third-order valence-corrected chi connectivity index (χ3v) is 3.80. The molecule has 0 aromatic heterocycles. The van der Waals surface area contributed by atoms with Crippen LogP contribution in [0, 0.1) is 12.3 Å². The van der Waals surface area contributed by atoms with Gasteiger partial charge in [0.2, 0.25) is 0 Å². The Balaban J connectivity index is 2.08. The number of nitrogens with one attached hydrogen (secondary N) is 1. The van der Waals surface area contributed by atoms with Crippen LogP contribution in [0.1, 0.15) is 24.0 Å². The highest BCUT2D eigenvalue weighted by molar-refractivity contribution is 5.22. The molecule has 1 fully saturated rings. The fourth-order valence-electron chi connectivity index (χ4n) is 2.55. The second-order valence-corrected chi connectivity index (χ2v) is 5.12. The summed E-state index contributed by atoms with van der Waals surface area (Å²) in [5.41, 5.74) is 9.08. The quantitative estimate of drug-likeness (QED) is 0.813. The molecule has 1 aliphatic rings. The summed E-state index contributed by atoms with van der Waals surface area (Å²) < 4.78 is 0. The van der Waals surface area contributed by atoms with E-state index in [0.29, 0.717) is 5.41 Å². The summed E-state index contributed by atoms with van der Waals surface area (Å²) in [6.07, 6.45) is 3.54. The van der Waals surface area contributed by atoms with E-state index in [1.54, 1.807) is 0 Å². The van der Waals surface area contributed by atoms with Crippen LogP contribution in [0.2, 0.25) is 0 Å². The molecule has 2 heteroatoms. The van der Waals surface area contributed by atoms with Crippen molar-refractivity contribution in [3.63, 3.8) is 0 Å². The van der Waals surface area contributed by atoms with Gasteiger partial charge in [-0.05, 0) is 56.8 Å². The van der Waals surface area contributed by atoms with Crippen molar-refractivity contribution in [1.29, 1.82) is 0 Å². The van der Waals surface area contributed by atoms with Crippen LogP contribution in [-0.4, -0.2) is 19.6 Å². The minimum Gasteiger partial charge on any atom is -0.330 e. The number of aryl methyl sites for hydroxylation is 1. The van der Waals surface area contributed by atoms with E-state index in [4.69, 9.17) is 5.73 Å². The summed E-state index contributed by atoms with van der Waals surface area (Å²) in [7, 11) is 0. The first-order valence-electron chi connectivity index (χ1n) is 6.20. The zero-order valence-corrected chi connectivity index (χ0v) is 10.1. The second-order valence-electron chi connectivity index (χ2n) is 5.12. The van der Waals surface area contributed by atoms with Crippen molar-refractivity contribution in [2.24, 2.45) is 11.1 Å². The molecule has 0 aliphatic carbocycles. The maximum Gasteiger partial charge on any atom is -0.00164 e. The van der Waals surface area contributed by atoms with Crippen LogP contribution in [0.25, 0.3) is 0 Å². The topological polar surface area (TPSA) is 38.0 Å². The van der Waals surface area contributed by atoms with Crippen LogP contribution in [-0.2, 0) is 6.42 Å². The molecule has 1 aromatic rings. The van der Waals surface area contributed by atoms with E-state index in [-0.39, 0.29) is 0 Å². The van der Waals surface area contributed by atoms with Crippen LogP contribution in [0.3, 0.4) is 0 Å². The Morgan fingerprint density at radius 1 is 1.19 bits per heavy atom. The molecule has 3 N–H and O–H groups in total. The summed E-state index contributed by atoms with van der Waals surface area (Å²) >= 11 is 0. The molecule has 0 saturated carbocycles. The van der Waals surface area contributed by atoms with E-state index in [1.807, 2.05) is 0 Å². The van der Waals surface area contributed by atoms with Crippen molar-refractivity contribution in [2.45, 2.75) is 26.2 Å². The second kappa shape index (κ2) is 4.98. The normalized spacial score (nSPS) is 19.6. The zero-order chi connectivity index (χ0) is 11.4. The largest absolute Gasteiger partial charge is 0.330 e. The first-order valence-corrected chi connectivity index (χ1v) is 6.20. The number of benzene rings is 1. The van der Waals surface area contributed by atoms with E-state index in [2.05, 4.69) is 36.5 Å². The fourth-order valence-corrected chi connectivity index (χ4v) is 2.55. The van der Waals surface area contributed by atoms with E-state index < -0.39 is 0 Å². The highest BCUT2D eigenvalue weighted by Gasteiger charge is 2.30. The Labute approximate surface area is 98.2 Å². The number of piperidine rings is 1. The fraction of sp³-hybridized carbons (Fsp3) is 0.571. The molecule has 2 nitrogen and oxygen atoms in total. The minimum absolute atomic E-state index is 0.334. The summed E-state index contributed by atoms with van der Waals surface area (Å²) in [4.78, 5) is 0. The summed E-state index contributed by atoms with van der Waals surface area (Å²) in [5, 5.41) is 3.41. The number of hydrogen-bond acceptors (Lipinski definition) is 2. The first kappa shape index (κ1) is 11.6. The van der Waals surface area contributed by atoms with Gasteiger partial charge in [-0.25, -0.2) is 0 Å². The Morgan fingerprint density at radius 2 is 1.81 bits per heavy atom. The van der Waals surface area contributed by atoms with Gasteiger partial charge in [-0.1, -0.05) is 29.8 Å². The lowest BCUT2D eigenvalue weighted by Crippen LogP contribution is -2.43. The lowest BCUT2D eigenvalue weighted by atomic mass is 9.74. The molecule has 1 aromatic carbocycles. The number of hydrogen-bond donors (Lipinski definition) is 2. The Bertz CT molecular complexity index is 323. The molecule has 0 bridgehead atoms. The Hall–Kier alpha value is -0.860. The number of rotatable bonds is 3. The smallest absolute Gasteiger partial charge is 0.00164 e. The van der Waals surface area contributed by atoms with Crippen molar-refractivity contribution in [1.82, 2.24) is 5.32 Å². The van der Waals surface area contributed by atoms with Gasteiger partial charge in [-0.15, -0.1) is 0 Å². The monoisotopic (exact) mass is 218 g/mol. The summed E-state index contributed by atoms with van der Waals surface area (Å²) in [6.45, 7) is 5.17. The molecular weight excluding hydrogens is 196 g/mol. The van der Waals surface area contributed by atoms with Crippen LogP contribution in [0.5, 0.6) is 0 Å². The highest BCUT2D eigenvalue weighted by Crippen LogP contribution is 2.31. The van der Waals surface area contributed by atoms with Crippen LogP contribution in [0.15, 0.2) is 24.3 Å².